The van der Waals surface area contributed by atoms with Crippen molar-refractivity contribution in [1.82, 2.24) is 5.32 Å². The molecular formula is C23H29NO5. The Morgan fingerprint density at radius 2 is 1.97 bits per heavy atom. The highest BCUT2D eigenvalue weighted by atomic mass is 16.6. The molecule has 0 aromatic heterocycles. The quantitative estimate of drug-likeness (QED) is 0.609. The number of allylic oxidation sites excluding steroid dienone is 2. The van der Waals surface area contributed by atoms with Gasteiger partial charge in [-0.2, -0.15) is 0 Å². The Kier molecular flexibility index (Phi) is 6.40. The maximum Gasteiger partial charge on any atom is 0.310 e. The average molecular weight is 399 g/mol. The van der Waals surface area contributed by atoms with Crippen LogP contribution in [-0.2, 0) is 30.3 Å². The van der Waals surface area contributed by atoms with Crippen LogP contribution in [0.2, 0.25) is 0 Å². The molecule has 0 unspecified atom stereocenters. The zero-order valence-corrected chi connectivity index (χ0v) is 17.3. The van der Waals surface area contributed by atoms with Crippen molar-refractivity contribution in [3.63, 3.8) is 0 Å². The van der Waals surface area contributed by atoms with Crippen LogP contribution < -0.4 is 5.32 Å². The summed E-state index contributed by atoms with van der Waals surface area (Å²) in [4.78, 5) is 37.5. The van der Waals surface area contributed by atoms with Crippen LogP contribution in [0.15, 0.2) is 36.4 Å². The molecule has 1 amide bonds. The summed E-state index contributed by atoms with van der Waals surface area (Å²) in [5.41, 5.74) is 1.44. The van der Waals surface area contributed by atoms with Gasteiger partial charge in [-0.25, -0.2) is 0 Å². The van der Waals surface area contributed by atoms with Crippen molar-refractivity contribution in [2.45, 2.75) is 70.6 Å². The Hall–Kier alpha value is -2.63. The average Bonchev–Trinajstić information content (AvgIpc) is 2.95. The molecule has 29 heavy (non-hydrogen) atoms. The Bertz CT molecular complexity index is 808. The van der Waals surface area contributed by atoms with Crippen LogP contribution in [0, 0.1) is 5.92 Å². The number of hydrogen-bond donors (Lipinski definition) is 1. The molecule has 1 heterocycles. The lowest BCUT2D eigenvalue weighted by molar-refractivity contribution is -0.164. The van der Waals surface area contributed by atoms with E-state index in [2.05, 4.69) is 5.32 Å². The molecule has 3 rings (SSSR count). The second kappa shape index (κ2) is 8.80. The number of ether oxygens (including phenoxy) is 2. The van der Waals surface area contributed by atoms with Gasteiger partial charge in [0.05, 0.1) is 18.4 Å². The highest BCUT2D eigenvalue weighted by Gasteiger charge is 2.38. The maximum absolute atomic E-state index is 12.9. The first-order chi connectivity index (χ1) is 13.7. The fraction of sp³-hybridized carbons (Fsp3) is 0.522. The number of carbonyl (C=O) groups is 3. The molecular weight excluding hydrogens is 370 g/mol. The van der Waals surface area contributed by atoms with Crippen molar-refractivity contribution >= 4 is 17.8 Å². The van der Waals surface area contributed by atoms with E-state index in [1.165, 1.54) is 0 Å². The SMILES string of the molecule is CC(C)(C)OC(=O)C[C@@H]1C/C=C/CCC(=O)N[C@@H]2c3ccccc3C[C@@H]2OC1=O. The van der Waals surface area contributed by atoms with Gasteiger partial charge in [-0.3, -0.25) is 14.4 Å². The van der Waals surface area contributed by atoms with Crippen LogP contribution in [0.5, 0.6) is 0 Å². The van der Waals surface area contributed by atoms with Crippen molar-refractivity contribution in [3.8, 4) is 0 Å². The molecule has 1 aromatic rings. The third-order valence-electron chi connectivity index (χ3n) is 5.06. The lowest BCUT2D eigenvalue weighted by Gasteiger charge is -2.25. The number of fused-ring (bicyclic) bond motifs is 3. The first-order valence-electron chi connectivity index (χ1n) is 10.2. The van der Waals surface area contributed by atoms with Gasteiger partial charge in [-0.15, -0.1) is 0 Å². The summed E-state index contributed by atoms with van der Waals surface area (Å²) >= 11 is 0. The Morgan fingerprint density at radius 3 is 2.72 bits per heavy atom. The van der Waals surface area contributed by atoms with E-state index in [0.29, 0.717) is 25.7 Å². The topological polar surface area (TPSA) is 81.7 Å². The van der Waals surface area contributed by atoms with Gasteiger partial charge in [0.15, 0.2) is 0 Å². The van der Waals surface area contributed by atoms with Crippen molar-refractivity contribution in [2.24, 2.45) is 5.92 Å². The fourth-order valence-electron chi connectivity index (χ4n) is 3.77. The number of amides is 1. The van der Waals surface area contributed by atoms with Gasteiger partial charge in [-0.1, -0.05) is 36.4 Å². The number of benzene rings is 1. The molecule has 1 aliphatic carbocycles. The summed E-state index contributed by atoms with van der Waals surface area (Å²) in [6.45, 7) is 5.40. The molecule has 0 spiro atoms. The first-order valence-corrected chi connectivity index (χ1v) is 10.2. The predicted octanol–water partition coefficient (Wildman–Crippen LogP) is 3.40. The van der Waals surface area contributed by atoms with Gasteiger partial charge in [0, 0.05) is 12.8 Å². The summed E-state index contributed by atoms with van der Waals surface area (Å²) in [5, 5.41) is 3.02. The molecule has 2 aliphatic rings. The zero-order valence-electron chi connectivity index (χ0n) is 17.3. The minimum Gasteiger partial charge on any atom is -0.460 e. The molecule has 0 saturated heterocycles. The normalized spacial score (nSPS) is 26.1. The maximum atomic E-state index is 12.9. The first kappa shape index (κ1) is 21.1. The number of rotatable bonds is 2. The molecule has 1 N–H and O–H groups in total. The van der Waals surface area contributed by atoms with Gasteiger partial charge in [0.1, 0.15) is 11.7 Å². The van der Waals surface area contributed by atoms with Gasteiger partial charge in [0.25, 0.3) is 0 Å². The summed E-state index contributed by atoms with van der Waals surface area (Å²) in [7, 11) is 0. The van der Waals surface area contributed by atoms with E-state index in [1.807, 2.05) is 36.4 Å². The van der Waals surface area contributed by atoms with Crippen LogP contribution in [0.4, 0.5) is 0 Å². The summed E-state index contributed by atoms with van der Waals surface area (Å²) in [6.07, 6.45) is 5.07. The fourth-order valence-corrected chi connectivity index (χ4v) is 3.77. The Balaban J connectivity index is 1.79. The number of esters is 2. The van der Waals surface area contributed by atoms with Crippen LogP contribution >= 0.6 is 0 Å². The molecule has 1 aliphatic heterocycles. The molecule has 0 radical (unpaired) electrons. The van der Waals surface area contributed by atoms with Crippen molar-refractivity contribution in [2.75, 3.05) is 0 Å². The van der Waals surface area contributed by atoms with E-state index >= 15 is 0 Å². The highest BCUT2D eigenvalue weighted by Crippen LogP contribution is 2.34. The monoisotopic (exact) mass is 399 g/mol. The van der Waals surface area contributed by atoms with Crippen LogP contribution in [0.1, 0.15) is 63.6 Å². The van der Waals surface area contributed by atoms with Gasteiger partial charge >= 0.3 is 11.9 Å². The standard InChI is InChI=1S/C23H29NO5/c1-23(2,3)29-20(26)14-16-10-5-4-6-12-19(25)24-21-17-11-8-7-9-15(17)13-18(21)28-22(16)27/h4-5,7-9,11,16,18,21H,6,10,12-14H2,1-3H3,(H,24,25)/b5-4+/t16-,18-,21+/m0/s1. The van der Waals surface area contributed by atoms with Gasteiger partial charge in [0.2, 0.25) is 5.91 Å². The van der Waals surface area contributed by atoms with Crippen LogP contribution in [-0.4, -0.2) is 29.6 Å². The number of hydrogen-bond acceptors (Lipinski definition) is 5. The van der Waals surface area contributed by atoms with Crippen molar-refractivity contribution < 1.29 is 23.9 Å². The lowest BCUT2D eigenvalue weighted by Crippen LogP contribution is -2.38. The largest absolute Gasteiger partial charge is 0.460 e. The molecule has 0 bridgehead atoms. The highest BCUT2D eigenvalue weighted by molar-refractivity contribution is 5.81. The van der Waals surface area contributed by atoms with Gasteiger partial charge in [-0.05, 0) is 44.7 Å². The van der Waals surface area contributed by atoms with E-state index in [0.717, 1.165) is 11.1 Å². The molecule has 1 aromatic carbocycles. The zero-order chi connectivity index (χ0) is 21.0. The van der Waals surface area contributed by atoms with Crippen LogP contribution in [0.3, 0.4) is 0 Å². The minimum atomic E-state index is -0.611. The molecule has 3 atom stereocenters. The summed E-state index contributed by atoms with van der Waals surface area (Å²) < 4.78 is 11.2. The molecule has 6 nitrogen and oxygen atoms in total. The molecule has 0 saturated carbocycles. The van der Waals surface area contributed by atoms with E-state index in [1.54, 1.807) is 20.8 Å². The number of carbonyl (C=O) groups excluding carboxylic acids is 3. The van der Waals surface area contributed by atoms with Gasteiger partial charge < -0.3 is 14.8 Å². The van der Waals surface area contributed by atoms with Crippen LogP contribution in [0.25, 0.3) is 0 Å². The molecule has 0 fully saturated rings. The second-order valence-corrected chi connectivity index (χ2v) is 8.66. The second-order valence-electron chi connectivity index (χ2n) is 8.66. The Morgan fingerprint density at radius 1 is 1.21 bits per heavy atom. The van der Waals surface area contributed by atoms with E-state index in [4.69, 9.17) is 9.47 Å². The number of nitrogens with one attached hydrogen (secondary N) is 1. The minimum absolute atomic E-state index is 0.0306. The summed E-state index contributed by atoms with van der Waals surface area (Å²) in [5.74, 6) is -1.53. The third kappa shape index (κ3) is 5.68. The van der Waals surface area contributed by atoms with Crippen molar-refractivity contribution in [1.29, 1.82) is 0 Å². The smallest absolute Gasteiger partial charge is 0.310 e. The van der Waals surface area contributed by atoms with E-state index in [-0.39, 0.29) is 18.4 Å². The van der Waals surface area contributed by atoms with E-state index in [9.17, 15) is 14.4 Å². The van der Waals surface area contributed by atoms with E-state index < -0.39 is 29.6 Å². The molecule has 6 heteroatoms. The predicted molar refractivity (Wildman–Crippen MR) is 108 cm³/mol. The molecule has 156 valence electrons. The van der Waals surface area contributed by atoms with Crippen molar-refractivity contribution in [3.05, 3.63) is 47.5 Å². The Labute approximate surface area is 171 Å². The third-order valence-corrected chi connectivity index (χ3v) is 5.06. The summed E-state index contributed by atoms with van der Waals surface area (Å²) in [6, 6.07) is 7.43. The lowest BCUT2D eigenvalue weighted by atomic mass is 10.00.